The summed E-state index contributed by atoms with van der Waals surface area (Å²) >= 11 is 18.1. The van der Waals surface area contributed by atoms with Crippen LogP contribution < -0.4 is 0 Å². The second kappa shape index (κ2) is 3.87. The third kappa shape index (κ3) is 1.53. The molecule has 1 heterocycles. The quantitative estimate of drug-likeness (QED) is 0.836. The monoisotopic (exact) mass is 263 g/mol. The molecule has 0 atom stereocenters. The minimum absolute atomic E-state index is 0.117. The van der Waals surface area contributed by atoms with Crippen LogP contribution in [0.2, 0.25) is 15.2 Å². The molecule has 1 aromatic carbocycles. The second-order valence-electron chi connectivity index (χ2n) is 3.24. The molecule has 0 aliphatic heterocycles. The van der Waals surface area contributed by atoms with Crippen molar-refractivity contribution in [3.8, 4) is 0 Å². The van der Waals surface area contributed by atoms with Gasteiger partial charge in [0.15, 0.2) is 0 Å². The van der Waals surface area contributed by atoms with Gasteiger partial charge in [-0.15, -0.1) is 0 Å². The van der Waals surface area contributed by atoms with Gasteiger partial charge >= 0.3 is 0 Å². The van der Waals surface area contributed by atoms with Crippen LogP contribution in [0.25, 0.3) is 10.9 Å². The Morgan fingerprint density at radius 3 is 2.53 bits per heavy atom. The highest BCUT2D eigenvalue weighted by Gasteiger charge is 2.16. The molecule has 15 heavy (non-hydrogen) atoms. The first-order chi connectivity index (χ1) is 7.07. The third-order valence-corrected chi connectivity index (χ3v) is 3.71. The number of aliphatic hydroxyl groups excluding tert-OH is 1. The van der Waals surface area contributed by atoms with Crippen molar-refractivity contribution in [2.75, 3.05) is 0 Å². The van der Waals surface area contributed by atoms with E-state index in [4.69, 9.17) is 34.8 Å². The Morgan fingerprint density at radius 2 is 1.93 bits per heavy atom. The van der Waals surface area contributed by atoms with E-state index in [-0.39, 0.29) is 6.61 Å². The van der Waals surface area contributed by atoms with Crippen LogP contribution in [0.15, 0.2) is 12.1 Å². The van der Waals surface area contributed by atoms with E-state index in [1.807, 2.05) is 0 Å². The number of aryl methyl sites for hydroxylation is 1. The van der Waals surface area contributed by atoms with Crippen LogP contribution in [-0.2, 0) is 13.7 Å². The number of halogens is 3. The van der Waals surface area contributed by atoms with Crippen LogP contribution in [0.3, 0.4) is 0 Å². The number of benzene rings is 1. The average Bonchev–Trinajstić information content (AvgIpc) is 2.46. The fourth-order valence-corrected chi connectivity index (χ4v) is 2.36. The van der Waals surface area contributed by atoms with Crippen LogP contribution in [0.1, 0.15) is 5.56 Å². The minimum Gasteiger partial charge on any atom is -0.392 e. The van der Waals surface area contributed by atoms with Crippen molar-refractivity contribution in [1.29, 1.82) is 0 Å². The van der Waals surface area contributed by atoms with Crippen molar-refractivity contribution in [3.63, 3.8) is 0 Å². The predicted molar refractivity (Wildman–Crippen MR) is 63.9 cm³/mol. The van der Waals surface area contributed by atoms with Gasteiger partial charge in [-0.05, 0) is 6.07 Å². The molecule has 1 aromatic heterocycles. The maximum Gasteiger partial charge on any atom is 0.115 e. The normalized spacial score (nSPS) is 11.3. The number of nitrogens with zero attached hydrogens (tertiary/aromatic N) is 1. The lowest BCUT2D eigenvalue weighted by molar-refractivity contribution is 0.283. The lowest BCUT2D eigenvalue weighted by Crippen LogP contribution is -1.88. The standard InChI is InChI=1S/C10H8Cl3NO/c1-14-9-5(6(4-15)10(14)13)2-3-7(11)8(9)12/h2-3,15H,4H2,1H3. The Bertz CT molecular complexity index is 533. The van der Waals surface area contributed by atoms with E-state index in [1.165, 1.54) is 0 Å². The third-order valence-electron chi connectivity index (χ3n) is 2.43. The molecule has 2 aromatic rings. The Hall–Kier alpha value is -0.410. The number of aliphatic hydroxyl groups is 1. The summed E-state index contributed by atoms with van der Waals surface area (Å²) < 4.78 is 1.72. The van der Waals surface area contributed by atoms with Gasteiger partial charge in [0.25, 0.3) is 0 Å². The van der Waals surface area contributed by atoms with Crippen LogP contribution >= 0.6 is 34.8 Å². The van der Waals surface area contributed by atoms with Crippen molar-refractivity contribution < 1.29 is 5.11 Å². The first-order valence-corrected chi connectivity index (χ1v) is 5.43. The van der Waals surface area contributed by atoms with E-state index in [2.05, 4.69) is 0 Å². The molecule has 0 unspecified atom stereocenters. The molecule has 1 N–H and O–H groups in total. The number of fused-ring (bicyclic) bond motifs is 1. The maximum atomic E-state index is 9.22. The van der Waals surface area contributed by atoms with Crippen LogP contribution in [0.4, 0.5) is 0 Å². The largest absolute Gasteiger partial charge is 0.392 e. The smallest absolute Gasteiger partial charge is 0.115 e. The molecule has 0 bridgehead atoms. The van der Waals surface area contributed by atoms with E-state index >= 15 is 0 Å². The molecule has 0 fully saturated rings. The molecule has 2 rings (SSSR count). The molecule has 0 saturated heterocycles. The SMILES string of the molecule is Cn1c(Cl)c(CO)c2ccc(Cl)c(Cl)c21. The summed E-state index contributed by atoms with van der Waals surface area (Å²) in [5.41, 5.74) is 1.42. The molecule has 0 radical (unpaired) electrons. The number of hydrogen-bond donors (Lipinski definition) is 1. The van der Waals surface area contributed by atoms with Crippen molar-refractivity contribution >= 4 is 45.7 Å². The second-order valence-corrected chi connectivity index (χ2v) is 4.39. The Kier molecular flexibility index (Phi) is 2.86. The van der Waals surface area contributed by atoms with Gasteiger partial charge in [0.1, 0.15) is 5.15 Å². The molecule has 0 saturated carbocycles. The molecule has 80 valence electrons. The van der Waals surface area contributed by atoms with E-state index in [0.717, 1.165) is 10.9 Å². The topological polar surface area (TPSA) is 25.2 Å². The van der Waals surface area contributed by atoms with Gasteiger partial charge in [0.2, 0.25) is 0 Å². The van der Waals surface area contributed by atoms with Crippen molar-refractivity contribution in [1.82, 2.24) is 4.57 Å². The van der Waals surface area contributed by atoms with Gasteiger partial charge in [0.05, 0.1) is 22.2 Å². The summed E-state index contributed by atoms with van der Waals surface area (Å²) in [5, 5.41) is 11.5. The zero-order valence-electron chi connectivity index (χ0n) is 7.89. The summed E-state index contributed by atoms with van der Waals surface area (Å²) in [5.74, 6) is 0. The van der Waals surface area contributed by atoms with E-state index in [9.17, 15) is 5.11 Å². The number of rotatable bonds is 1. The highest BCUT2D eigenvalue weighted by atomic mass is 35.5. The molecule has 2 nitrogen and oxygen atoms in total. The summed E-state index contributed by atoms with van der Waals surface area (Å²) in [7, 11) is 1.78. The Labute approximate surface area is 102 Å². The van der Waals surface area contributed by atoms with Crippen LogP contribution in [0, 0.1) is 0 Å². The van der Waals surface area contributed by atoms with Gasteiger partial charge < -0.3 is 9.67 Å². The zero-order valence-corrected chi connectivity index (χ0v) is 10.2. The summed E-state index contributed by atoms with van der Waals surface area (Å²) in [6, 6.07) is 3.50. The molecular weight excluding hydrogens is 256 g/mol. The van der Waals surface area contributed by atoms with E-state index in [1.54, 1.807) is 23.7 Å². The molecule has 0 spiro atoms. The van der Waals surface area contributed by atoms with Crippen molar-refractivity contribution in [2.24, 2.45) is 7.05 Å². The van der Waals surface area contributed by atoms with Gasteiger partial charge in [-0.25, -0.2) is 0 Å². The highest BCUT2D eigenvalue weighted by Crippen LogP contribution is 2.37. The average molecular weight is 265 g/mol. The molecule has 0 aliphatic rings. The molecule has 0 aliphatic carbocycles. The van der Waals surface area contributed by atoms with Gasteiger partial charge in [-0.3, -0.25) is 0 Å². The summed E-state index contributed by atoms with van der Waals surface area (Å²) in [6.45, 7) is -0.117. The fraction of sp³-hybridized carbons (Fsp3) is 0.200. The lowest BCUT2D eigenvalue weighted by Gasteiger charge is -2.01. The molecule has 5 heteroatoms. The zero-order chi connectivity index (χ0) is 11.2. The van der Waals surface area contributed by atoms with Crippen LogP contribution in [0.5, 0.6) is 0 Å². The molecular formula is C10H8Cl3NO. The van der Waals surface area contributed by atoms with Gasteiger partial charge in [-0.1, -0.05) is 40.9 Å². The predicted octanol–water partition coefficient (Wildman–Crippen LogP) is 3.63. The van der Waals surface area contributed by atoms with E-state index in [0.29, 0.717) is 20.8 Å². The Balaban J connectivity index is 2.97. The highest BCUT2D eigenvalue weighted by molar-refractivity contribution is 6.45. The van der Waals surface area contributed by atoms with Gasteiger partial charge in [-0.2, -0.15) is 0 Å². The van der Waals surface area contributed by atoms with Crippen molar-refractivity contribution in [3.05, 3.63) is 32.9 Å². The summed E-state index contributed by atoms with van der Waals surface area (Å²) in [4.78, 5) is 0. The fourth-order valence-electron chi connectivity index (χ4n) is 1.67. The summed E-state index contributed by atoms with van der Waals surface area (Å²) in [6.07, 6.45) is 0. The van der Waals surface area contributed by atoms with Gasteiger partial charge in [0, 0.05) is 18.0 Å². The maximum absolute atomic E-state index is 9.22. The number of aromatic nitrogens is 1. The minimum atomic E-state index is -0.117. The molecule has 0 amide bonds. The lowest BCUT2D eigenvalue weighted by atomic mass is 10.2. The first kappa shape index (κ1) is 11.1. The van der Waals surface area contributed by atoms with Crippen molar-refractivity contribution in [2.45, 2.75) is 6.61 Å². The number of hydrogen-bond acceptors (Lipinski definition) is 1. The Morgan fingerprint density at radius 1 is 1.27 bits per heavy atom. The van der Waals surface area contributed by atoms with E-state index < -0.39 is 0 Å². The first-order valence-electron chi connectivity index (χ1n) is 4.29. The van der Waals surface area contributed by atoms with Crippen LogP contribution in [-0.4, -0.2) is 9.67 Å².